The van der Waals surface area contributed by atoms with Crippen LogP contribution in [0, 0.1) is 0 Å². The number of halogens is 1. The molecule has 0 aromatic rings. The van der Waals surface area contributed by atoms with Crippen molar-refractivity contribution in [2.45, 2.75) is 59.3 Å². The molecule has 1 nitrogen and oxygen atoms in total. The molecule has 0 unspecified atom stereocenters. The molecule has 0 radical (unpaired) electrons. The van der Waals surface area contributed by atoms with Crippen molar-refractivity contribution >= 4 is 0 Å². The lowest BCUT2D eigenvalue weighted by Crippen LogP contribution is -2.23. The first-order valence-corrected chi connectivity index (χ1v) is 6.07. The van der Waals surface area contributed by atoms with E-state index in [1.165, 1.54) is 58.2 Å². The maximum atomic E-state index is 2.51. The Kier molecular flexibility index (Phi) is 15.0. The van der Waals surface area contributed by atoms with E-state index >= 15 is 0 Å². The van der Waals surface area contributed by atoms with Crippen molar-refractivity contribution in [1.29, 1.82) is 0 Å². The molecule has 0 fully saturated rings. The van der Waals surface area contributed by atoms with E-state index in [1.54, 1.807) is 0 Å². The van der Waals surface area contributed by atoms with Crippen LogP contribution in [0.5, 0.6) is 0 Å². The van der Waals surface area contributed by atoms with Crippen LogP contribution in [0.4, 0.5) is 4.70 Å². The van der Waals surface area contributed by atoms with Gasteiger partial charge in [-0.3, -0.25) is 4.70 Å². The zero-order chi connectivity index (χ0) is 9.94. The van der Waals surface area contributed by atoms with E-state index in [4.69, 9.17) is 0 Å². The fraction of sp³-hybridized carbons (Fsp3) is 1.00. The molecule has 88 valence electrons. The van der Waals surface area contributed by atoms with Crippen molar-refractivity contribution in [3.63, 3.8) is 0 Å². The second-order valence-corrected chi connectivity index (χ2v) is 3.79. The normalized spacial score (nSPS) is 10.3. The Morgan fingerprint density at radius 3 is 1.71 bits per heavy atom. The largest absolute Gasteiger partial charge is 0.304 e. The highest BCUT2D eigenvalue weighted by Gasteiger charge is 1.97. The van der Waals surface area contributed by atoms with Crippen LogP contribution in [0.1, 0.15) is 59.3 Å². The molecular weight excluding hydrogens is 177 g/mol. The standard InChI is InChI=1S/C12H27N.FH/c1-4-7-8-9-10-11-12-13(5-2)6-3;/h4-12H2,1-3H3;1H. The third-order valence-corrected chi connectivity index (χ3v) is 2.72. The van der Waals surface area contributed by atoms with Gasteiger partial charge in [0.2, 0.25) is 0 Å². The van der Waals surface area contributed by atoms with Gasteiger partial charge in [-0.15, -0.1) is 0 Å². The average Bonchev–Trinajstić information content (AvgIpc) is 2.17. The monoisotopic (exact) mass is 205 g/mol. The molecule has 2 heteroatoms. The van der Waals surface area contributed by atoms with Gasteiger partial charge >= 0.3 is 0 Å². The third-order valence-electron chi connectivity index (χ3n) is 2.72. The Balaban J connectivity index is 0. The SMILES string of the molecule is CCCCCCCCN(CC)CC.F. The summed E-state index contributed by atoms with van der Waals surface area (Å²) in [5, 5.41) is 0. The molecule has 0 aliphatic rings. The average molecular weight is 205 g/mol. The van der Waals surface area contributed by atoms with Gasteiger partial charge in [-0.05, 0) is 26.1 Å². The molecule has 0 amide bonds. The van der Waals surface area contributed by atoms with Crippen molar-refractivity contribution in [3.8, 4) is 0 Å². The van der Waals surface area contributed by atoms with E-state index in [2.05, 4.69) is 25.7 Å². The number of hydrogen-bond donors (Lipinski definition) is 0. The van der Waals surface area contributed by atoms with E-state index in [1.807, 2.05) is 0 Å². The minimum atomic E-state index is 0. The van der Waals surface area contributed by atoms with Gasteiger partial charge in [0.1, 0.15) is 0 Å². The van der Waals surface area contributed by atoms with Gasteiger partial charge in [0.25, 0.3) is 0 Å². The first kappa shape index (κ1) is 16.3. The molecule has 0 N–H and O–H groups in total. The lowest BCUT2D eigenvalue weighted by molar-refractivity contribution is 0.295. The van der Waals surface area contributed by atoms with Gasteiger partial charge in [-0.1, -0.05) is 52.9 Å². The van der Waals surface area contributed by atoms with E-state index < -0.39 is 0 Å². The first-order valence-electron chi connectivity index (χ1n) is 6.07. The third kappa shape index (κ3) is 9.97. The number of rotatable bonds is 9. The zero-order valence-corrected chi connectivity index (χ0v) is 10.2. The lowest BCUT2D eigenvalue weighted by Gasteiger charge is -2.17. The van der Waals surface area contributed by atoms with E-state index in [0.717, 1.165) is 0 Å². The summed E-state index contributed by atoms with van der Waals surface area (Å²) in [6.07, 6.45) is 8.48. The second-order valence-electron chi connectivity index (χ2n) is 3.79. The van der Waals surface area contributed by atoms with Crippen LogP contribution in [0.2, 0.25) is 0 Å². The summed E-state index contributed by atoms with van der Waals surface area (Å²) in [4.78, 5) is 2.51. The van der Waals surface area contributed by atoms with Crippen molar-refractivity contribution in [2.24, 2.45) is 0 Å². The van der Waals surface area contributed by atoms with E-state index in [0.29, 0.717) is 0 Å². The molecule has 0 spiro atoms. The van der Waals surface area contributed by atoms with Crippen LogP contribution < -0.4 is 0 Å². The topological polar surface area (TPSA) is 3.24 Å². The minimum Gasteiger partial charge on any atom is -0.304 e. The summed E-state index contributed by atoms with van der Waals surface area (Å²) in [7, 11) is 0. The molecule has 0 saturated heterocycles. The maximum absolute atomic E-state index is 2.51. The summed E-state index contributed by atoms with van der Waals surface area (Å²) >= 11 is 0. The molecule has 0 rings (SSSR count). The molecule has 0 aliphatic heterocycles. The second kappa shape index (κ2) is 12.9. The van der Waals surface area contributed by atoms with Crippen LogP contribution in [0.25, 0.3) is 0 Å². The van der Waals surface area contributed by atoms with Crippen molar-refractivity contribution < 1.29 is 4.70 Å². The Hall–Kier alpha value is -0.110. The highest BCUT2D eigenvalue weighted by molar-refractivity contribution is 4.52. The van der Waals surface area contributed by atoms with Gasteiger partial charge in [-0.2, -0.15) is 0 Å². The Labute approximate surface area is 89.2 Å². The smallest absolute Gasteiger partial charge is 0.00190 e. The van der Waals surface area contributed by atoms with Crippen LogP contribution in [-0.4, -0.2) is 24.5 Å². The summed E-state index contributed by atoms with van der Waals surface area (Å²) in [6, 6.07) is 0. The van der Waals surface area contributed by atoms with Gasteiger partial charge in [0.05, 0.1) is 0 Å². The van der Waals surface area contributed by atoms with Gasteiger partial charge in [-0.25, -0.2) is 0 Å². The Morgan fingerprint density at radius 2 is 1.21 bits per heavy atom. The predicted octanol–water partition coefficient (Wildman–Crippen LogP) is 3.84. The zero-order valence-electron chi connectivity index (χ0n) is 10.2. The fourth-order valence-corrected chi connectivity index (χ4v) is 1.66. The fourth-order valence-electron chi connectivity index (χ4n) is 1.66. The first-order chi connectivity index (χ1) is 6.35. The number of hydrogen-bond acceptors (Lipinski definition) is 1. The highest BCUT2D eigenvalue weighted by atomic mass is 19.0. The van der Waals surface area contributed by atoms with Gasteiger partial charge in [0, 0.05) is 0 Å². The molecular formula is C12H28FN. The van der Waals surface area contributed by atoms with Crippen LogP contribution in [0.3, 0.4) is 0 Å². The summed E-state index contributed by atoms with van der Waals surface area (Å²) in [5.41, 5.74) is 0. The molecule has 0 aliphatic carbocycles. The van der Waals surface area contributed by atoms with E-state index in [-0.39, 0.29) is 4.70 Å². The maximum Gasteiger partial charge on any atom is -0.00190 e. The quantitative estimate of drug-likeness (QED) is 0.517. The van der Waals surface area contributed by atoms with Gasteiger partial charge in [0.15, 0.2) is 0 Å². The predicted molar refractivity (Wildman–Crippen MR) is 63.7 cm³/mol. The van der Waals surface area contributed by atoms with E-state index in [9.17, 15) is 0 Å². The van der Waals surface area contributed by atoms with Crippen molar-refractivity contribution in [1.82, 2.24) is 4.90 Å². The summed E-state index contributed by atoms with van der Waals surface area (Å²) in [6.45, 7) is 10.5. The Bertz CT molecular complexity index is 92.3. The molecule has 0 saturated carbocycles. The molecule has 0 atom stereocenters. The summed E-state index contributed by atoms with van der Waals surface area (Å²) < 4.78 is 0. The molecule has 14 heavy (non-hydrogen) atoms. The Morgan fingerprint density at radius 1 is 0.714 bits per heavy atom. The summed E-state index contributed by atoms with van der Waals surface area (Å²) in [5.74, 6) is 0. The van der Waals surface area contributed by atoms with Crippen molar-refractivity contribution in [3.05, 3.63) is 0 Å². The molecule has 0 bridgehead atoms. The minimum absolute atomic E-state index is 0. The van der Waals surface area contributed by atoms with Gasteiger partial charge < -0.3 is 4.90 Å². The lowest BCUT2D eigenvalue weighted by atomic mass is 10.1. The van der Waals surface area contributed by atoms with Crippen molar-refractivity contribution in [2.75, 3.05) is 19.6 Å². The molecule has 0 heterocycles. The molecule has 0 aromatic heterocycles. The highest BCUT2D eigenvalue weighted by Crippen LogP contribution is 2.05. The molecule has 0 aromatic carbocycles. The van der Waals surface area contributed by atoms with Crippen LogP contribution in [0.15, 0.2) is 0 Å². The van der Waals surface area contributed by atoms with Crippen LogP contribution >= 0.6 is 0 Å². The number of unbranched alkanes of at least 4 members (excludes halogenated alkanes) is 5. The van der Waals surface area contributed by atoms with Crippen LogP contribution in [-0.2, 0) is 0 Å². The number of nitrogens with zero attached hydrogens (tertiary/aromatic N) is 1.